The highest BCUT2D eigenvalue weighted by molar-refractivity contribution is 5.92. The molecule has 3 nitrogen and oxygen atoms in total. The first-order chi connectivity index (χ1) is 9.87. The van der Waals surface area contributed by atoms with Gasteiger partial charge in [0, 0.05) is 5.56 Å². The number of aryl methyl sites for hydroxylation is 1. The van der Waals surface area contributed by atoms with Gasteiger partial charge in [0.25, 0.3) is 0 Å². The fourth-order valence-corrected chi connectivity index (χ4v) is 2.12. The zero-order valence-electron chi connectivity index (χ0n) is 12.9. The van der Waals surface area contributed by atoms with E-state index in [4.69, 9.17) is 4.74 Å². The molecule has 110 valence electrons. The largest absolute Gasteiger partial charge is 0.444 e. The van der Waals surface area contributed by atoms with Crippen molar-refractivity contribution in [2.24, 2.45) is 0 Å². The van der Waals surface area contributed by atoms with Gasteiger partial charge in [0.15, 0.2) is 0 Å². The summed E-state index contributed by atoms with van der Waals surface area (Å²) in [4.78, 5) is 12.0. The minimum Gasteiger partial charge on any atom is -0.444 e. The molecule has 1 N–H and O–H groups in total. The zero-order chi connectivity index (χ0) is 15.5. The number of hydrogen-bond acceptors (Lipinski definition) is 2. The highest BCUT2D eigenvalue weighted by Gasteiger charge is 2.17. The Labute approximate surface area is 126 Å². The molecule has 0 heterocycles. The van der Waals surface area contributed by atoms with Crippen molar-refractivity contribution >= 4 is 11.8 Å². The van der Waals surface area contributed by atoms with E-state index >= 15 is 0 Å². The smallest absolute Gasteiger partial charge is 0.412 e. The molecule has 0 atom stereocenters. The van der Waals surface area contributed by atoms with Gasteiger partial charge in [-0.25, -0.2) is 4.79 Å². The van der Waals surface area contributed by atoms with E-state index in [1.165, 1.54) is 0 Å². The van der Waals surface area contributed by atoms with Crippen molar-refractivity contribution in [3.63, 3.8) is 0 Å². The van der Waals surface area contributed by atoms with Crippen molar-refractivity contribution in [3.8, 4) is 11.1 Å². The van der Waals surface area contributed by atoms with Gasteiger partial charge < -0.3 is 4.74 Å². The van der Waals surface area contributed by atoms with E-state index in [0.29, 0.717) is 0 Å². The first-order valence-corrected chi connectivity index (χ1v) is 7.02. The molecule has 0 unspecified atom stereocenters. The number of hydrogen-bond donors (Lipinski definition) is 1. The minimum absolute atomic E-state index is 0.441. The number of amides is 1. The van der Waals surface area contributed by atoms with Crippen LogP contribution in [0.1, 0.15) is 26.3 Å². The molecule has 0 spiro atoms. The second-order valence-electron chi connectivity index (χ2n) is 5.99. The molecule has 3 heteroatoms. The van der Waals surface area contributed by atoms with Gasteiger partial charge in [0.05, 0.1) is 5.69 Å². The number of anilines is 1. The monoisotopic (exact) mass is 283 g/mol. The Morgan fingerprint density at radius 2 is 1.52 bits per heavy atom. The van der Waals surface area contributed by atoms with Crippen LogP contribution in [0.5, 0.6) is 0 Å². The number of ether oxygens (including phenoxy) is 1. The second-order valence-corrected chi connectivity index (χ2v) is 5.99. The van der Waals surface area contributed by atoms with Gasteiger partial charge in [0.2, 0.25) is 0 Å². The average Bonchev–Trinajstić information content (AvgIpc) is 2.38. The molecule has 0 fully saturated rings. The quantitative estimate of drug-likeness (QED) is 0.841. The van der Waals surface area contributed by atoms with Gasteiger partial charge in [-0.1, -0.05) is 42.5 Å². The maximum absolute atomic E-state index is 12.0. The second kappa shape index (κ2) is 6.00. The summed E-state index contributed by atoms with van der Waals surface area (Å²) in [5, 5.41) is 2.83. The Kier molecular flexibility index (Phi) is 4.32. The lowest BCUT2D eigenvalue weighted by atomic mass is 9.99. The van der Waals surface area contributed by atoms with Gasteiger partial charge in [-0.3, -0.25) is 5.32 Å². The Morgan fingerprint density at radius 3 is 2.14 bits per heavy atom. The molecule has 0 bridgehead atoms. The summed E-state index contributed by atoms with van der Waals surface area (Å²) in [6.45, 7) is 7.60. The van der Waals surface area contributed by atoms with Crippen molar-refractivity contribution < 1.29 is 9.53 Å². The Morgan fingerprint density at radius 1 is 0.952 bits per heavy atom. The fraction of sp³-hybridized carbons (Fsp3) is 0.278. The van der Waals surface area contributed by atoms with E-state index in [2.05, 4.69) is 18.3 Å². The number of nitrogens with one attached hydrogen (secondary N) is 1. The van der Waals surface area contributed by atoms with E-state index in [1.807, 2.05) is 63.2 Å². The third-order valence-corrected chi connectivity index (χ3v) is 3.00. The van der Waals surface area contributed by atoms with Crippen LogP contribution in [-0.2, 0) is 4.74 Å². The van der Waals surface area contributed by atoms with Crippen LogP contribution in [0.15, 0.2) is 48.5 Å². The van der Waals surface area contributed by atoms with Crippen LogP contribution in [0, 0.1) is 6.92 Å². The molecule has 0 aliphatic heterocycles. The minimum atomic E-state index is -0.512. The summed E-state index contributed by atoms with van der Waals surface area (Å²) in [6.07, 6.45) is -0.441. The predicted molar refractivity (Wildman–Crippen MR) is 86.5 cm³/mol. The third kappa shape index (κ3) is 4.09. The lowest BCUT2D eigenvalue weighted by Crippen LogP contribution is -2.27. The number of rotatable bonds is 2. The maximum atomic E-state index is 12.0. The number of carbonyl (C=O) groups excluding carboxylic acids is 1. The molecule has 2 rings (SSSR count). The van der Waals surface area contributed by atoms with E-state index in [-0.39, 0.29) is 0 Å². The molecule has 0 saturated heterocycles. The third-order valence-electron chi connectivity index (χ3n) is 3.00. The highest BCUT2D eigenvalue weighted by atomic mass is 16.6. The Bertz CT molecular complexity index is 642. The van der Waals surface area contributed by atoms with Crippen LogP contribution in [0.3, 0.4) is 0 Å². The van der Waals surface area contributed by atoms with Crippen LogP contribution in [0.4, 0.5) is 10.5 Å². The lowest BCUT2D eigenvalue weighted by Gasteiger charge is -2.20. The highest BCUT2D eigenvalue weighted by Crippen LogP contribution is 2.30. The Hall–Kier alpha value is -2.29. The molecule has 21 heavy (non-hydrogen) atoms. The maximum Gasteiger partial charge on any atom is 0.412 e. The van der Waals surface area contributed by atoms with E-state index < -0.39 is 11.7 Å². The summed E-state index contributed by atoms with van der Waals surface area (Å²) in [6, 6.07) is 15.8. The Balaban J connectivity index is 2.30. The zero-order valence-corrected chi connectivity index (χ0v) is 12.9. The van der Waals surface area contributed by atoms with Crippen molar-refractivity contribution in [3.05, 3.63) is 54.1 Å². The number of para-hydroxylation sites is 1. The van der Waals surface area contributed by atoms with E-state index in [9.17, 15) is 4.79 Å². The molecule has 0 aliphatic rings. The molecule has 0 radical (unpaired) electrons. The van der Waals surface area contributed by atoms with Gasteiger partial charge in [-0.2, -0.15) is 0 Å². The van der Waals surface area contributed by atoms with Gasteiger partial charge in [-0.15, -0.1) is 0 Å². The molecular formula is C18H21NO2. The molecule has 0 aromatic heterocycles. The van der Waals surface area contributed by atoms with E-state index in [0.717, 1.165) is 22.4 Å². The lowest BCUT2D eigenvalue weighted by molar-refractivity contribution is 0.0636. The topological polar surface area (TPSA) is 38.3 Å². The standard InChI is InChI=1S/C18H21NO2/c1-13-9-5-6-10-14(13)15-11-7-8-12-16(15)19-17(20)21-18(2,3)4/h5-12H,1-4H3,(H,19,20). The van der Waals surface area contributed by atoms with Gasteiger partial charge >= 0.3 is 6.09 Å². The van der Waals surface area contributed by atoms with Crippen molar-refractivity contribution in [1.29, 1.82) is 0 Å². The van der Waals surface area contributed by atoms with Crippen LogP contribution < -0.4 is 5.32 Å². The van der Waals surface area contributed by atoms with E-state index in [1.54, 1.807) is 0 Å². The first-order valence-electron chi connectivity index (χ1n) is 7.02. The van der Waals surface area contributed by atoms with Crippen molar-refractivity contribution in [2.45, 2.75) is 33.3 Å². The molecule has 2 aromatic rings. The van der Waals surface area contributed by atoms with Gasteiger partial charge in [0.1, 0.15) is 5.60 Å². The first kappa shape index (κ1) is 15.1. The number of benzene rings is 2. The molecule has 0 saturated carbocycles. The summed E-state index contributed by atoms with van der Waals surface area (Å²) in [5.74, 6) is 0. The van der Waals surface area contributed by atoms with Crippen LogP contribution in [-0.4, -0.2) is 11.7 Å². The molecule has 2 aromatic carbocycles. The van der Waals surface area contributed by atoms with Crippen LogP contribution in [0.2, 0.25) is 0 Å². The van der Waals surface area contributed by atoms with Crippen LogP contribution in [0.25, 0.3) is 11.1 Å². The van der Waals surface area contributed by atoms with Crippen LogP contribution >= 0.6 is 0 Å². The predicted octanol–water partition coefficient (Wildman–Crippen LogP) is 5.01. The average molecular weight is 283 g/mol. The van der Waals surface area contributed by atoms with Gasteiger partial charge in [-0.05, 0) is 44.9 Å². The molecule has 1 amide bonds. The fourth-order valence-electron chi connectivity index (χ4n) is 2.12. The summed E-state index contributed by atoms with van der Waals surface area (Å²) >= 11 is 0. The summed E-state index contributed by atoms with van der Waals surface area (Å²) in [7, 11) is 0. The molecule has 0 aliphatic carbocycles. The summed E-state index contributed by atoms with van der Waals surface area (Å²) in [5.41, 5.74) is 3.49. The summed E-state index contributed by atoms with van der Waals surface area (Å²) < 4.78 is 5.31. The number of carbonyl (C=O) groups is 1. The molecular weight excluding hydrogens is 262 g/mol. The SMILES string of the molecule is Cc1ccccc1-c1ccccc1NC(=O)OC(C)(C)C. The van der Waals surface area contributed by atoms with Crippen molar-refractivity contribution in [2.75, 3.05) is 5.32 Å². The van der Waals surface area contributed by atoms with Crippen molar-refractivity contribution in [1.82, 2.24) is 0 Å². The normalized spacial score (nSPS) is 11.0.